The van der Waals surface area contributed by atoms with Crippen LogP contribution >= 0.6 is 0 Å². The molecule has 206 valence electrons. The summed E-state index contributed by atoms with van der Waals surface area (Å²) in [5, 5.41) is 16.1. The van der Waals surface area contributed by atoms with Gasteiger partial charge in [-0.1, -0.05) is 50.2 Å². The number of nitrogens with zero attached hydrogens (tertiary/aromatic N) is 2. The molecule has 1 aliphatic rings. The van der Waals surface area contributed by atoms with Crippen molar-refractivity contribution in [2.24, 2.45) is 5.92 Å². The lowest BCUT2D eigenvalue weighted by molar-refractivity contribution is -0.125. The Morgan fingerprint density at radius 3 is 2.26 bits per heavy atom. The molecule has 1 fully saturated rings. The van der Waals surface area contributed by atoms with Gasteiger partial charge in [-0.05, 0) is 64.4 Å². The van der Waals surface area contributed by atoms with Crippen LogP contribution in [0.4, 0.5) is 0 Å². The molecule has 9 nitrogen and oxygen atoms in total. The van der Waals surface area contributed by atoms with Crippen molar-refractivity contribution in [1.82, 2.24) is 20.5 Å². The third kappa shape index (κ3) is 9.20. The molecule has 3 atom stereocenters. The number of aromatic nitrogens is 1. The van der Waals surface area contributed by atoms with Gasteiger partial charge in [0, 0.05) is 18.8 Å². The van der Waals surface area contributed by atoms with Gasteiger partial charge in [-0.3, -0.25) is 9.59 Å². The molecular formula is C28H41BN4O5. The SMILES string of the molecule is CC(C)C[C@H](NC(=O)[C@@H](NC(=O)c1cccc(-c2ccccc2)n1)[C@@H](C)O)B1OCCCN(C)CCCO1. The van der Waals surface area contributed by atoms with Crippen molar-refractivity contribution in [1.29, 1.82) is 0 Å². The topological polar surface area (TPSA) is 113 Å². The molecule has 1 saturated heterocycles. The van der Waals surface area contributed by atoms with Gasteiger partial charge in [0.2, 0.25) is 5.91 Å². The van der Waals surface area contributed by atoms with Crippen LogP contribution in [-0.2, 0) is 14.1 Å². The Hall–Kier alpha value is -2.79. The molecule has 1 aromatic carbocycles. The van der Waals surface area contributed by atoms with Gasteiger partial charge >= 0.3 is 7.12 Å². The fraction of sp³-hybridized carbons (Fsp3) is 0.536. The lowest BCUT2D eigenvalue weighted by atomic mass is 9.73. The Bertz CT molecular complexity index is 1010. The lowest BCUT2D eigenvalue weighted by Crippen LogP contribution is -2.58. The van der Waals surface area contributed by atoms with Crippen LogP contribution in [0.25, 0.3) is 11.3 Å². The number of aliphatic hydroxyl groups excluding tert-OH is 1. The fourth-order valence-corrected chi connectivity index (χ4v) is 4.43. The van der Waals surface area contributed by atoms with E-state index >= 15 is 0 Å². The molecule has 1 aromatic heterocycles. The Morgan fingerprint density at radius 1 is 1.00 bits per heavy atom. The average Bonchev–Trinajstić information content (AvgIpc) is 2.90. The highest BCUT2D eigenvalue weighted by molar-refractivity contribution is 6.47. The van der Waals surface area contributed by atoms with E-state index in [4.69, 9.17) is 9.31 Å². The molecule has 0 saturated carbocycles. The third-order valence-corrected chi connectivity index (χ3v) is 6.42. The molecule has 0 spiro atoms. The number of carbonyl (C=O) groups is 2. The molecule has 0 unspecified atom stereocenters. The number of amides is 2. The van der Waals surface area contributed by atoms with E-state index in [1.54, 1.807) is 12.1 Å². The highest BCUT2D eigenvalue weighted by Crippen LogP contribution is 2.17. The van der Waals surface area contributed by atoms with E-state index < -0.39 is 37.0 Å². The molecule has 3 N–H and O–H groups in total. The van der Waals surface area contributed by atoms with Gasteiger partial charge in [0.15, 0.2) is 0 Å². The second-order valence-corrected chi connectivity index (χ2v) is 10.3. The van der Waals surface area contributed by atoms with Crippen molar-refractivity contribution in [3.8, 4) is 11.3 Å². The van der Waals surface area contributed by atoms with Crippen molar-refractivity contribution >= 4 is 18.9 Å². The van der Waals surface area contributed by atoms with E-state index in [9.17, 15) is 14.7 Å². The smallest absolute Gasteiger partial charge is 0.410 e. The van der Waals surface area contributed by atoms with Crippen molar-refractivity contribution in [2.75, 3.05) is 33.4 Å². The third-order valence-electron chi connectivity index (χ3n) is 6.42. The number of hydrogen-bond acceptors (Lipinski definition) is 7. The molecule has 1 aliphatic heterocycles. The first-order chi connectivity index (χ1) is 18.2. The Balaban J connectivity index is 1.71. The first-order valence-corrected chi connectivity index (χ1v) is 13.5. The minimum absolute atomic E-state index is 0.160. The minimum Gasteiger partial charge on any atom is -0.410 e. The number of hydrogen-bond donors (Lipinski definition) is 3. The van der Waals surface area contributed by atoms with Crippen molar-refractivity contribution in [3.63, 3.8) is 0 Å². The van der Waals surface area contributed by atoms with Crippen molar-refractivity contribution < 1.29 is 24.0 Å². The van der Waals surface area contributed by atoms with Crippen LogP contribution < -0.4 is 10.6 Å². The molecule has 10 heteroatoms. The van der Waals surface area contributed by atoms with Crippen LogP contribution in [0.15, 0.2) is 48.5 Å². The van der Waals surface area contributed by atoms with Crippen LogP contribution in [0.3, 0.4) is 0 Å². The van der Waals surface area contributed by atoms with E-state index in [1.165, 1.54) is 6.92 Å². The summed E-state index contributed by atoms with van der Waals surface area (Å²) in [5.41, 5.74) is 1.68. The minimum atomic E-state index is -1.17. The van der Waals surface area contributed by atoms with E-state index in [-0.39, 0.29) is 11.6 Å². The van der Waals surface area contributed by atoms with E-state index in [0.717, 1.165) is 31.5 Å². The number of pyridine rings is 1. The summed E-state index contributed by atoms with van der Waals surface area (Å²) in [6.45, 7) is 8.50. The van der Waals surface area contributed by atoms with Gasteiger partial charge in [0.25, 0.3) is 5.91 Å². The Morgan fingerprint density at radius 2 is 1.66 bits per heavy atom. The summed E-state index contributed by atoms with van der Waals surface area (Å²) in [7, 11) is 1.47. The summed E-state index contributed by atoms with van der Waals surface area (Å²) in [6, 6.07) is 13.5. The molecule has 2 heterocycles. The van der Waals surface area contributed by atoms with Gasteiger partial charge in [-0.15, -0.1) is 0 Å². The standard InChI is InChI=1S/C28H41BN4O5/c1-20(2)19-25(29-37-17-9-15-33(4)16-10-18-38-29)31-28(36)26(21(3)34)32-27(35)24-14-8-13-23(30-24)22-11-6-5-7-12-22/h5-8,11-14,20-21,25-26,34H,9-10,15-19H2,1-4H3,(H,31,36)(H,32,35)/t21-,25+,26+/m1/s1. The second kappa shape index (κ2) is 15.0. The van der Waals surface area contributed by atoms with E-state index in [0.29, 0.717) is 25.3 Å². The molecule has 2 amide bonds. The van der Waals surface area contributed by atoms with E-state index in [1.807, 2.05) is 36.4 Å². The summed E-state index contributed by atoms with van der Waals surface area (Å²) in [5.74, 6) is -1.21. The number of carbonyl (C=O) groups excluding carboxylic acids is 2. The van der Waals surface area contributed by atoms with Crippen LogP contribution in [0, 0.1) is 5.92 Å². The largest absolute Gasteiger partial charge is 0.480 e. The monoisotopic (exact) mass is 524 g/mol. The Kier molecular flexibility index (Phi) is 11.7. The second-order valence-electron chi connectivity index (χ2n) is 10.3. The molecule has 0 aliphatic carbocycles. The summed E-state index contributed by atoms with van der Waals surface area (Å²) < 4.78 is 12.1. The fourth-order valence-electron chi connectivity index (χ4n) is 4.43. The molecule has 0 radical (unpaired) electrons. The first kappa shape index (κ1) is 29.8. The van der Waals surface area contributed by atoms with Crippen LogP contribution in [0.1, 0.15) is 50.5 Å². The molecule has 0 bridgehead atoms. The molecular weight excluding hydrogens is 483 g/mol. The molecule has 2 aromatic rings. The van der Waals surface area contributed by atoms with Gasteiger partial charge in [-0.2, -0.15) is 0 Å². The average molecular weight is 524 g/mol. The van der Waals surface area contributed by atoms with Crippen molar-refractivity contribution in [3.05, 3.63) is 54.2 Å². The maximum Gasteiger partial charge on any atom is 0.480 e. The van der Waals surface area contributed by atoms with Crippen molar-refractivity contribution in [2.45, 2.75) is 58.1 Å². The van der Waals surface area contributed by atoms with Crippen LogP contribution in [0.2, 0.25) is 0 Å². The lowest BCUT2D eigenvalue weighted by Gasteiger charge is -2.30. The predicted octanol–water partition coefficient (Wildman–Crippen LogP) is 2.54. The summed E-state index contributed by atoms with van der Waals surface area (Å²) >= 11 is 0. The maximum absolute atomic E-state index is 13.4. The summed E-state index contributed by atoms with van der Waals surface area (Å²) in [4.78, 5) is 33.2. The van der Waals surface area contributed by atoms with Crippen LogP contribution in [0.5, 0.6) is 0 Å². The number of rotatable bonds is 9. The number of benzene rings is 1. The normalized spacial score (nSPS) is 17.9. The van der Waals surface area contributed by atoms with Gasteiger partial charge < -0.3 is 29.9 Å². The van der Waals surface area contributed by atoms with E-state index in [2.05, 4.69) is 41.4 Å². The zero-order valence-corrected chi connectivity index (χ0v) is 22.9. The number of nitrogens with one attached hydrogen (secondary N) is 2. The van der Waals surface area contributed by atoms with Crippen LogP contribution in [-0.4, -0.2) is 85.4 Å². The van der Waals surface area contributed by atoms with Gasteiger partial charge in [0.1, 0.15) is 11.7 Å². The molecule has 38 heavy (non-hydrogen) atoms. The Labute approximate surface area is 226 Å². The maximum atomic E-state index is 13.4. The predicted molar refractivity (Wildman–Crippen MR) is 148 cm³/mol. The first-order valence-electron chi connectivity index (χ1n) is 13.5. The summed E-state index contributed by atoms with van der Waals surface area (Å²) in [6.07, 6.45) is 1.22. The number of aliphatic hydroxyl groups is 1. The zero-order valence-electron chi connectivity index (χ0n) is 22.9. The van der Waals surface area contributed by atoms with Gasteiger partial charge in [-0.25, -0.2) is 4.98 Å². The highest BCUT2D eigenvalue weighted by Gasteiger charge is 2.36. The van der Waals surface area contributed by atoms with Gasteiger partial charge in [0.05, 0.1) is 17.7 Å². The molecule has 3 rings (SSSR count). The highest BCUT2D eigenvalue weighted by atomic mass is 16.6. The zero-order chi connectivity index (χ0) is 27.5. The quantitative estimate of drug-likeness (QED) is 0.432.